The number of nitrogens with two attached hydrogens (primary N) is 1. The Morgan fingerprint density at radius 2 is 1.54 bits per heavy atom. The first-order valence-electron chi connectivity index (χ1n) is 9.31. The standard InChI is InChI=1S/C22H23ClN2O2S/c1-22(2,3)24-20-17-8-4-6-14-7-5-9-18(19(14)17)21(20)25-28(26,27)16-12-10-15(23)11-13-16/h4-13,20-21,24-25H,1-3H3/p+1/t20-,21+/m1/s1. The number of sulfonamides is 1. The van der Waals surface area contributed by atoms with Crippen LogP contribution in [0.5, 0.6) is 0 Å². The largest absolute Gasteiger partial charge is 0.334 e. The van der Waals surface area contributed by atoms with Crippen LogP contribution in [0.15, 0.2) is 65.6 Å². The van der Waals surface area contributed by atoms with E-state index in [0.29, 0.717) is 5.02 Å². The Morgan fingerprint density at radius 1 is 0.929 bits per heavy atom. The van der Waals surface area contributed by atoms with Gasteiger partial charge in [0.25, 0.3) is 0 Å². The van der Waals surface area contributed by atoms with Crippen molar-refractivity contribution >= 4 is 32.4 Å². The molecule has 6 heteroatoms. The molecule has 4 rings (SSSR count). The first-order valence-corrected chi connectivity index (χ1v) is 11.2. The Bertz CT molecular complexity index is 1130. The molecule has 3 aromatic carbocycles. The van der Waals surface area contributed by atoms with E-state index in [2.05, 4.69) is 49.0 Å². The molecule has 1 aliphatic carbocycles. The molecule has 0 heterocycles. The van der Waals surface area contributed by atoms with Crippen LogP contribution in [-0.2, 0) is 10.0 Å². The summed E-state index contributed by atoms with van der Waals surface area (Å²) in [7, 11) is -3.69. The van der Waals surface area contributed by atoms with Gasteiger partial charge in [-0.05, 0) is 61.4 Å². The quantitative estimate of drug-likeness (QED) is 0.678. The molecular weight excluding hydrogens is 392 g/mol. The van der Waals surface area contributed by atoms with Crippen LogP contribution < -0.4 is 10.0 Å². The van der Waals surface area contributed by atoms with Gasteiger partial charge in [-0.15, -0.1) is 0 Å². The van der Waals surface area contributed by atoms with Gasteiger partial charge >= 0.3 is 0 Å². The van der Waals surface area contributed by atoms with Crippen LogP contribution >= 0.6 is 11.6 Å². The molecule has 28 heavy (non-hydrogen) atoms. The number of benzene rings is 3. The summed E-state index contributed by atoms with van der Waals surface area (Å²) < 4.78 is 29.2. The number of nitrogens with one attached hydrogen (secondary N) is 1. The lowest BCUT2D eigenvalue weighted by Gasteiger charge is -2.28. The normalized spacial score (nSPS) is 19.3. The van der Waals surface area contributed by atoms with E-state index >= 15 is 0 Å². The molecule has 0 radical (unpaired) electrons. The molecule has 146 valence electrons. The van der Waals surface area contributed by atoms with Crippen molar-refractivity contribution in [3.05, 3.63) is 76.8 Å². The van der Waals surface area contributed by atoms with Gasteiger partial charge in [0, 0.05) is 10.6 Å². The maximum atomic E-state index is 13.1. The van der Waals surface area contributed by atoms with Crippen molar-refractivity contribution in [2.24, 2.45) is 0 Å². The SMILES string of the molecule is CC(C)(C)[NH2+][C@@H]1c2cccc3cccc(c23)[C@@H]1NS(=O)(=O)c1ccc(Cl)cc1. The third-order valence-corrected chi connectivity index (χ3v) is 6.82. The minimum absolute atomic E-state index is 0.0387. The molecule has 3 N–H and O–H groups in total. The summed E-state index contributed by atoms with van der Waals surface area (Å²) >= 11 is 5.92. The van der Waals surface area contributed by atoms with E-state index in [-0.39, 0.29) is 22.5 Å². The zero-order chi connectivity index (χ0) is 20.1. The number of quaternary nitrogens is 1. The maximum absolute atomic E-state index is 13.1. The van der Waals surface area contributed by atoms with E-state index in [9.17, 15) is 8.42 Å². The summed E-state index contributed by atoms with van der Waals surface area (Å²) in [4.78, 5) is 0.217. The Hall–Kier alpha value is -1.92. The van der Waals surface area contributed by atoms with E-state index in [0.717, 1.165) is 16.3 Å². The molecule has 0 aromatic heterocycles. The average Bonchev–Trinajstić information content (AvgIpc) is 2.89. The summed E-state index contributed by atoms with van der Waals surface area (Å²) in [6, 6.07) is 18.2. The third-order valence-electron chi connectivity index (χ3n) is 5.11. The van der Waals surface area contributed by atoms with E-state index in [4.69, 9.17) is 11.6 Å². The van der Waals surface area contributed by atoms with Crippen molar-refractivity contribution < 1.29 is 13.7 Å². The van der Waals surface area contributed by atoms with Crippen LogP contribution in [0, 0.1) is 0 Å². The highest BCUT2D eigenvalue weighted by Crippen LogP contribution is 2.43. The lowest BCUT2D eigenvalue weighted by molar-refractivity contribution is -0.756. The Morgan fingerprint density at radius 3 is 2.14 bits per heavy atom. The minimum Gasteiger partial charge on any atom is -0.334 e. The van der Waals surface area contributed by atoms with Crippen LogP contribution in [0.1, 0.15) is 44.0 Å². The number of hydrogen-bond donors (Lipinski definition) is 2. The summed E-state index contributed by atoms with van der Waals surface area (Å²) in [6.45, 7) is 6.42. The monoisotopic (exact) mass is 415 g/mol. The number of halogens is 1. The van der Waals surface area contributed by atoms with Gasteiger partial charge in [0.2, 0.25) is 10.0 Å². The van der Waals surface area contributed by atoms with E-state index in [1.165, 1.54) is 17.7 Å². The van der Waals surface area contributed by atoms with Gasteiger partial charge in [-0.2, -0.15) is 4.72 Å². The van der Waals surface area contributed by atoms with Crippen molar-refractivity contribution in [1.82, 2.24) is 4.72 Å². The molecule has 0 fully saturated rings. The lowest BCUT2D eigenvalue weighted by atomic mass is 10.0. The van der Waals surface area contributed by atoms with Gasteiger partial charge in [-0.3, -0.25) is 0 Å². The van der Waals surface area contributed by atoms with Crippen molar-refractivity contribution in [2.45, 2.75) is 43.3 Å². The predicted molar refractivity (Wildman–Crippen MR) is 113 cm³/mol. The Labute approximate surface area is 171 Å². The summed E-state index contributed by atoms with van der Waals surface area (Å²) in [5.74, 6) is 0. The highest BCUT2D eigenvalue weighted by molar-refractivity contribution is 7.89. The van der Waals surface area contributed by atoms with E-state index in [1.807, 2.05) is 18.2 Å². The fourth-order valence-corrected chi connectivity index (χ4v) is 5.38. The van der Waals surface area contributed by atoms with Gasteiger partial charge in [-0.1, -0.05) is 48.0 Å². The molecule has 3 aromatic rings. The van der Waals surface area contributed by atoms with Gasteiger partial charge in [-0.25, -0.2) is 8.42 Å². The molecule has 0 unspecified atom stereocenters. The first kappa shape index (κ1) is 19.4. The molecule has 1 aliphatic rings. The van der Waals surface area contributed by atoms with Crippen molar-refractivity contribution in [3.63, 3.8) is 0 Å². The Balaban J connectivity index is 1.80. The van der Waals surface area contributed by atoms with Crippen molar-refractivity contribution in [1.29, 1.82) is 0 Å². The molecule has 4 nitrogen and oxygen atoms in total. The second-order valence-corrected chi connectivity index (χ2v) is 10.6. The molecule has 0 bridgehead atoms. The van der Waals surface area contributed by atoms with Crippen LogP contribution in [0.3, 0.4) is 0 Å². The van der Waals surface area contributed by atoms with Crippen molar-refractivity contribution in [2.75, 3.05) is 0 Å². The Kier molecular flexibility index (Phi) is 4.74. The summed E-state index contributed by atoms with van der Waals surface area (Å²) in [6.07, 6.45) is 0. The molecule has 2 atom stereocenters. The fraction of sp³-hybridized carbons (Fsp3) is 0.273. The zero-order valence-electron chi connectivity index (χ0n) is 16.1. The van der Waals surface area contributed by atoms with Crippen LogP contribution in [0.4, 0.5) is 0 Å². The zero-order valence-corrected chi connectivity index (χ0v) is 17.7. The predicted octanol–water partition coefficient (Wildman–Crippen LogP) is 3.93. The number of hydrogen-bond acceptors (Lipinski definition) is 2. The molecule has 0 amide bonds. The maximum Gasteiger partial charge on any atom is 0.241 e. The molecule has 0 spiro atoms. The van der Waals surface area contributed by atoms with Gasteiger partial charge in [0.15, 0.2) is 0 Å². The highest BCUT2D eigenvalue weighted by Gasteiger charge is 2.41. The molecule has 0 aliphatic heterocycles. The number of rotatable bonds is 4. The third kappa shape index (κ3) is 3.55. The highest BCUT2D eigenvalue weighted by atomic mass is 35.5. The molecule has 0 saturated heterocycles. The smallest absolute Gasteiger partial charge is 0.241 e. The first-order chi connectivity index (χ1) is 13.2. The van der Waals surface area contributed by atoms with Gasteiger partial charge in [0.05, 0.1) is 10.4 Å². The summed E-state index contributed by atoms with van der Waals surface area (Å²) in [5.41, 5.74) is 2.14. The topological polar surface area (TPSA) is 62.8 Å². The van der Waals surface area contributed by atoms with Crippen LogP contribution in [-0.4, -0.2) is 14.0 Å². The molecular formula is C22H24ClN2O2S+. The van der Waals surface area contributed by atoms with Gasteiger partial charge < -0.3 is 5.32 Å². The second-order valence-electron chi connectivity index (χ2n) is 8.40. The lowest BCUT2D eigenvalue weighted by Crippen LogP contribution is -2.95. The van der Waals surface area contributed by atoms with Gasteiger partial charge in [0.1, 0.15) is 12.1 Å². The van der Waals surface area contributed by atoms with Crippen molar-refractivity contribution in [3.8, 4) is 0 Å². The van der Waals surface area contributed by atoms with E-state index < -0.39 is 10.0 Å². The fourth-order valence-electron chi connectivity index (χ4n) is 4.02. The minimum atomic E-state index is -3.69. The average molecular weight is 416 g/mol. The summed E-state index contributed by atoms with van der Waals surface area (Å²) in [5, 5.41) is 5.04. The van der Waals surface area contributed by atoms with Crippen LogP contribution in [0.25, 0.3) is 10.8 Å². The second kappa shape index (κ2) is 6.85. The van der Waals surface area contributed by atoms with Crippen LogP contribution in [0.2, 0.25) is 5.02 Å². The van der Waals surface area contributed by atoms with E-state index in [1.54, 1.807) is 12.1 Å². The molecule has 0 saturated carbocycles.